The first-order valence-corrected chi connectivity index (χ1v) is 2.46. The Bertz CT molecular complexity index is 50.7. The normalized spacial score (nSPS) is 6.20. The molecule has 0 aliphatic carbocycles. The summed E-state index contributed by atoms with van der Waals surface area (Å²) < 4.78 is 2.92. The zero-order valence-electron chi connectivity index (χ0n) is 3.49. The number of hydrogen-bond donors (Lipinski definition) is 0. The van der Waals surface area contributed by atoms with E-state index in [-0.39, 0.29) is 0 Å². The van der Waals surface area contributed by atoms with E-state index in [4.69, 9.17) is 0 Å². The number of rotatable bonds is 1. The second-order valence-electron chi connectivity index (χ2n) is 0.816. The zero-order valence-corrected chi connectivity index (χ0v) is 4.91. The third-order valence-corrected chi connectivity index (χ3v) is 0.637. The van der Waals surface area contributed by atoms with Crippen LogP contribution in [0.1, 0.15) is 13.3 Å². The zero-order chi connectivity index (χ0) is 4.12. The predicted molar refractivity (Wildman–Crippen MR) is 25.6 cm³/mol. The van der Waals surface area contributed by atoms with Gasteiger partial charge in [-0.25, -0.2) is 0 Å². The average Bonchev–Trinajstić information content (AvgIpc) is 1.41. The molecule has 0 saturated carbocycles. The van der Waals surface area contributed by atoms with Gasteiger partial charge in [-0.2, -0.15) is 0 Å². The third-order valence-electron chi connectivity index (χ3n) is 0.348. The molecule has 24 valence electrons. The van der Waals surface area contributed by atoms with Gasteiger partial charge in [0.2, 0.25) is 0 Å². The van der Waals surface area contributed by atoms with E-state index < -0.39 is 0 Å². The molecule has 0 amide bonds. The molecule has 0 aromatic heterocycles. The van der Waals surface area contributed by atoms with Crippen LogP contribution in [0.25, 0.3) is 0 Å². The second kappa shape index (κ2) is 4.42. The molecule has 0 aromatic rings. The molecule has 0 rings (SSSR count). The molecule has 0 spiro atoms. The van der Waals surface area contributed by atoms with Crippen LogP contribution in [-0.2, 0) is 0 Å². The van der Waals surface area contributed by atoms with Crippen molar-refractivity contribution in [2.75, 3.05) is 0 Å². The Kier molecular flexibility index (Phi) is 4.78. The van der Waals surface area contributed by atoms with Crippen LogP contribution in [0.15, 0.2) is 6.08 Å². The van der Waals surface area contributed by atoms with Crippen LogP contribution < -0.4 is 0 Å². The molecule has 0 radical (unpaired) electrons. The van der Waals surface area contributed by atoms with Crippen molar-refractivity contribution in [2.24, 2.45) is 0 Å². The minimum absolute atomic E-state index is 1.11. The summed E-state index contributed by atoms with van der Waals surface area (Å²) in [5.41, 5.74) is 0. The van der Waals surface area contributed by atoms with Gasteiger partial charge >= 0.3 is 44.5 Å². The molecule has 0 unspecified atom stereocenters. The molecule has 0 N–H and O–H groups in total. The summed E-state index contributed by atoms with van der Waals surface area (Å²) in [7, 11) is 0. The van der Waals surface area contributed by atoms with Gasteiger partial charge in [0.15, 0.2) is 0 Å². The summed E-state index contributed by atoms with van der Waals surface area (Å²) in [5, 5.41) is 0. The summed E-state index contributed by atoms with van der Waals surface area (Å²) >= 11 is 1.74. The van der Waals surface area contributed by atoms with E-state index in [0.717, 1.165) is 6.42 Å². The Labute approximate surface area is 44.8 Å². The summed E-state index contributed by atoms with van der Waals surface area (Å²) in [4.78, 5) is 0. The Hall–Kier alpha value is 0.416. The van der Waals surface area contributed by atoms with E-state index in [9.17, 15) is 0 Å². The molecule has 0 aliphatic rings. The maximum absolute atomic E-state index is 2.92. The molecule has 0 heterocycles. The topological polar surface area (TPSA) is 0 Å². The molecular weight excluding hydrogens is 72.3 g/mol. The first-order valence-electron chi connectivity index (χ1n) is 1.76. The van der Waals surface area contributed by atoms with Gasteiger partial charge in [0.25, 0.3) is 0 Å². The van der Waals surface area contributed by atoms with E-state index in [1.807, 2.05) is 6.08 Å². The minimum atomic E-state index is 1.11. The summed E-state index contributed by atoms with van der Waals surface area (Å²) in [5.74, 6) is 0. The van der Waals surface area contributed by atoms with E-state index >= 15 is 0 Å². The molecule has 0 saturated heterocycles. The number of hydrogen-bond acceptors (Lipinski definition) is 0. The van der Waals surface area contributed by atoms with Crippen molar-refractivity contribution in [2.45, 2.75) is 13.3 Å². The van der Waals surface area contributed by atoms with Gasteiger partial charge in [0.1, 0.15) is 0 Å². The third kappa shape index (κ3) is 4.42. The molecule has 0 aliphatic heterocycles. The van der Waals surface area contributed by atoms with Crippen molar-refractivity contribution >= 4 is 25.0 Å². The van der Waals surface area contributed by atoms with Gasteiger partial charge in [-0.05, 0) is 0 Å². The van der Waals surface area contributed by atoms with Crippen LogP contribution in [-0.4, -0.2) is 25.0 Å². The molecule has 0 fully saturated rings. The Morgan fingerprint density at radius 2 is 2.60 bits per heavy atom. The first kappa shape index (κ1) is 5.42. The van der Waals surface area contributed by atoms with Gasteiger partial charge in [-0.3, -0.25) is 0 Å². The van der Waals surface area contributed by atoms with E-state index in [0.29, 0.717) is 0 Å². The van der Waals surface area contributed by atoms with E-state index in [1.165, 1.54) is 0 Å². The molecule has 0 nitrogen and oxygen atoms in total. The van der Waals surface area contributed by atoms with Crippen molar-refractivity contribution in [1.29, 1.82) is 0 Å². The Morgan fingerprint density at radius 1 is 2.00 bits per heavy atom. The predicted octanol–water partition coefficient (Wildman–Crippen LogP) is 0.522. The van der Waals surface area contributed by atoms with Crippen molar-refractivity contribution in [3.05, 3.63) is 6.08 Å². The van der Waals surface area contributed by atoms with Gasteiger partial charge in [0.05, 0.1) is 0 Å². The fourth-order valence-corrected chi connectivity index (χ4v) is 0.433. The molecule has 0 atom stereocenters. The Morgan fingerprint density at radius 3 is 2.60 bits per heavy atom. The van der Waals surface area contributed by atoms with Gasteiger partial charge in [0, 0.05) is 0 Å². The first-order chi connectivity index (χ1) is 2.41. The van der Waals surface area contributed by atoms with E-state index in [2.05, 4.69) is 10.7 Å². The summed E-state index contributed by atoms with van der Waals surface area (Å²) in [6.45, 7) is 2.10. The van der Waals surface area contributed by atoms with Gasteiger partial charge in [-0.15, -0.1) is 0 Å². The fourth-order valence-electron chi connectivity index (χ4n) is 0.144. The van der Waals surface area contributed by atoms with E-state index in [1.54, 1.807) is 21.2 Å². The van der Waals surface area contributed by atoms with Crippen LogP contribution in [0.2, 0.25) is 0 Å². The van der Waals surface area contributed by atoms with Crippen molar-refractivity contribution in [1.82, 2.24) is 0 Å². The standard InChI is InChI=1S/C4H6.Mg/c1-3-4-2;/h4H,3H2,1H3;. The molecular formula is C4H6Mg. The number of allylic oxidation sites excluding steroid dienone is 1. The monoisotopic (exact) mass is 78.0 g/mol. The molecule has 5 heavy (non-hydrogen) atoms. The van der Waals surface area contributed by atoms with Crippen LogP contribution in [0.4, 0.5) is 0 Å². The van der Waals surface area contributed by atoms with Crippen molar-refractivity contribution < 1.29 is 0 Å². The molecule has 0 bridgehead atoms. The summed E-state index contributed by atoms with van der Waals surface area (Å²) in [6.07, 6.45) is 3.13. The molecule has 0 aromatic carbocycles. The van der Waals surface area contributed by atoms with Crippen LogP contribution in [0.5, 0.6) is 0 Å². The fraction of sp³-hybridized carbons (Fsp3) is 0.500. The van der Waals surface area contributed by atoms with Crippen LogP contribution >= 0.6 is 0 Å². The van der Waals surface area contributed by atoms with Crippen molar-refractivity contribution in [3.63, 3.8) is 0 Å². The van der Waals surface area contributed by atoms with Gasteiger partial charge in [-0.1, -0.05) is 0 Å². The second-order valence-corrected chi connectivity index (χ2v) is 1.22. The molecule has 1 heteroatoms. The van der Waals surface area contributed by atoms with Crippen LogP contribution in [0.3, 0.4) is 0 Å². The van der Waals surface area contributed by atoms with Gasteiger partial charge < -0.3 is 0 Å². The van der Waals surface area contributed by atoms with Crippen LogP contribution in [0, 0.1) is 0 Å². The van der Waals surface area contributed by atoms with Crippen molar-refractivity contribution in [3.8, 4) is 0 Å². The quantitative estimate of drug-likeness (QED) is 0.401. The SMILES string of the molecule is CCC=[C]=[Mg]. The Balaban J connectivity index is 2.93. The summed E-state index contributed by atoms with van der Waals surface area (Å²) in [6, 6.07) is 0. The maximum atomic E-state index is 2.92. The average molecular weight is 78.4 g/mol.